The number of halogens is 4. The molecule has 2 fully saturated rings. The van der Waals surface area contributed by atoms with Crippen molar-refractivity contribution in [2.45, 2.75) is 116 Å². The third-order valence-corrected chi connectivity index (χ3v) is 8.04. The van der Waals surface area contributed by atoms with Crippen LogP contribution in [0.1, 0.15) is 121 Å². The summed E-state index contributed by atoms with van der Waals surface area (Å²) in [6.45, 7) is 4.05. The van der Waals surface area contributed by atoms with E-state index in [1.807, 2.05) is 0 Å². The first-order valence-corrected chi connectivity index (χ1v) is 12.7. The zero-order chi connectivity index (χ0) is 22.4. The van der Waals surface area contributed by atoms with Gasteiger partial charge in [-0.25, -0.2) is 17.6 Å². The van der Waals surface area contributed by atoms with Crippen molar-refractivity contribution in [3.63, 3.8) is 0 Å². The van der Waals surface area contributed by atoms with Gasteiger partial charge in [0.2, 0.25) is 0 Å². The van der Waals surface area contributed by atoms with Crippen molar-refractivity contribution in [2.24, 2.45) is 17.8 Å². The Labute approximate surface area is 186 Å². The van der Waals surface area contributed by atoms with Crippen LogP contribution < -0.4 is 0 Å². The summed E-state index contributed by atoms with van der Waals surface area (Å²) >= 11 is 0. The molecule has 176 valence electrons. The van der Waals surface area contributed by atoms with Gasteiger partial charge in [0.25, 0.3) is 5.92 Å². The highest BCUT2D eigenvalue weighted by molar-refractivity contribution is 5.32. The Hall–Kier alpha value is -1.06. The zero-order valence-electron chi connectivity index (χ0n) is 19.4. The molecule has 0 unspecified atom stereocenters. The van der Waals surface area contributed by atoms with Crippen molar-refractivity contribution in [1.82, 2.24) is 0 Å². The van der Waals surface area contributed by atoms with Crippen LogP contribution in [0.5, 0.6) is 0 Å². The maximum absolute atomic E-state index is 14.6. The van der Waals surface area contributed by atoms with Crippen LogP contribution >= 0.6 is 0 Å². The van der Waals surface area contributed by atoms with E-state index in [1.54, 1.807) is 6.92 Å². The summed E-state index contributed by atoms with van der Waals surface area (Å²) in [7, 11) is 0. The molecule has 0 amide bonds. The monoisotopic (exact) mass is 440 g/mol. The fourth-order valence-electron chi connectivity index (χ4n) is 6.07. The summed E-state index contributed by atoms with van der Waals surface area (Å²) in [6, 6.07) is 2.37. The van der Waals surface area contributed by atoms with Gasteiger partial charge in [0.1, 0.15) is 11.6 Å². The van der Waals surface area contributed by atoms with E-state index in [4.69, 9.17) is 0 Å². The smallest absolute Gasteiger partial charge is 0.206 e. The second-order valence-electron chi connectivity index (χ2n) is 10.2. The van der Waals surface area contributed by atoms with Crippen LogP contribution in [0.25, 0.3) is 0 Å². The minimum absolute atomic E-state index is 0.0828. The average Bonchev–Trinajstić information content (AvgIpc) is 2.76. The number of alkyl halides is 2. The lowest BCUT2D eigenvalue weighted by Crippen LogP contribution is -2.25. The molecule has 0 aromatic heterocycles. The van der Waals surface area contributed by atoms with Gasteiger partial charge in [-0.15, -0.1) is 0 Å². The van der Waals surface area contributed by atoms with Gasteiger partial charge in [0.15, 0.2) is 0 Å². The molecule has 0 N–H and O–H groups in total. The Morgan fingerprint density at radius 3 is 1.81 bits per heavy atom. The van der Waals surface area contributed by atoms with E-state index >= 15 is 0 Å². The number of rotatable bonds is 9. The minimum Gasteiger partial charge on any atom is -0.206 e. The Morgan fingerprint density at radius 1 is 0.774 bits per heavy atom. The van der Waals surface area contributed by atoms with Crippen molar-refractivity contribution < 1.29 is 17.6 Å². The number of hydrogen-bond acceptors (Lipinski definition) is 0. The van der Waals surface area contributed by atoms with Gasteiger partial charge < -0.3 is 0 Å². The Bertz CT molecular complexity index is 659. The molecular formula is C27H40F4. The first-order chi connectivity index (χ1) is 14.9. The molecule has 1 aromatic rings. The first kappa shape index (κ1) is 24.6. The molecule has 31 heavy (non-hydrogen) atoms. The number of benzene rings is 1. The van der Waals surface area contributed by atoms with E-state index in [9.17, 15) is 17.6 Å². The van der Waals surface area contributed by atoms with Crippen molar-refractivity contribution >= 4 is 0 Å². The van der Waals surface area contributed by atoms with Gasteiger partial charge >= 0.3 is 0 Å². The van der Waals surface area contributed by atoms with Gasteiger partial charge in [-0.3, -0.25) is 0 Å². The van der Waals surface area contributed by atoms with Crippen molar-refractivity contribution in [3.05, 3.63) is 34.9 Å². The van der Waals surface area contributed by atoms with Crippen molar-refractivity contribution in [3.8, 4) is 0 Å². The minimum atomic E-state index is -3.45. The standard InChI is InChI=1S/C27H40F4/c1-3-5-7-19-8-10-20(11-9-19)21-12-14-22(15-13-21)23-17-24(28)26(25(29)18-23)27(30,31)16-6-4-2/h17-22H,3-16H2,1-2H3. The molecule has 2 aliphatic carbocycles. The summed E-state index contributed by atoms with van der Waals surface area (Å²) in [6.07, 6.45) is 13.7. The Morgan fingerprint density at radius 2 is 1.29 bits per heavy atom. The van der Waals surface area contributed by atoms with Crippen LogP contribution in [0, 0.1) is 29.4 Å². The molecule has 2 aliphatic rings. The van der Waals surface area contributed by atoms with Gasteiger partial charge in [0.05, 0.1) is 5.56 Å². The molecule has 0 atom stereocenters. The lowest BCUT2D eigenvalue weighted by atomic mass is 9.68. The van der Waals surface area contributed by atoms with Crippen molar-refractivity contribution in [2.75, 3.05) is 0 Å². The second-order valence-corrected chi connectivity index (χ2v) is 10.2. The second kappa shape index (κ2) is 11.2. The average molecular weight is 441 g/mol. The SMILES string of the molecule is CCCCC1CCC(C2CCC(c3cc(F)c(C(F)(F)CCCC)c(F)c3)CC2)CC1. The van der Waals surface area contributed by atoms with Crippen LogP contribution in [0.4, 0.5) is 17.6 Å². The summed E-state index contributed by atoms with van der Waals surface area (Å²) < 4.78 is 57.7. The van der Waals surface area contributed by atoms with E-state index < -0.39 is 29.5 Å². The van der Waals surface area contributed by atoms with Gasteiger partial charge in [-0.05, 0) is 86.3 Å². The molecule has 0 heterocycles. The molecular weight excluding hydrogens is 400 g/mol. The Kier molecular flexibility index (Phi) is 8.87. The van der Waals surface area contributed by atoms with Gasteiger partial charge in [-0.1, -0.05) is 52.4 Å². The summed E-state index contributed by atoms with van der Waals surface area (Å²) in [4.78, 5) is 0. The summed E-state index contributed by atoms with van der Waals surface area (Å²) in [5.74, 6) is -3.10. The topological polar surface area (TPSA) is 0 Å². The molecule has 1 aromatic carbocycles. The third-order valence-electron chi connectivity index (χ3n) is 8.04. The first-order valence-electron chi connectivity index (χ1n) is 12.7. The highest BCUT2D eigenvalue weighted by atomic mass is 19.3. The fourth-order valence-corrected chi connectivity index (χ4v) is 6.07. The van der Waals surface area contributed by atoms with Gasteiger partial charge in [-0.2, -0.15) is 0 Å². The quantitative estimate of drug-likeness (QED) is 0.335. The highest BCUT2D eigenvalue weighted by Crippen LogP contribution is 2.45. The van der Waals surface area contributed by atoms with E-state index in [0.29, 0.717) is 12.0 Å². The maximum atomic E-state index is 14.6. The summed E-state index contributed by atoms with van der Waals surface area (Å²) in [5, 5.41) is 0. The summed E-state index contributed by atoms with van der Waals surface area (Å²) in [5.41, 5.74) is -0.481. The van der Waals surface area contributed by atoms with Crippen LogP contribution in [-0.4, -0.2) is 0 Å². The van der Waals surface area contributed by atoms with Crippen molar-refractivity contribution in [1.29, 1.82) is 0 Å². The van der Waals surface area contributed by atoms with E-state index in [2.05, 4.69) is 6.92 Å². The zero-order valence-corrected chi connectivity index (χ0v) is 19.4. The van der Waals surface area contributed by atoms with Gasteiger partial charge in [0, 0.05) is 6.42 Å². The molecule has 2 saturated carbocycles. The predicted molar refractivity (Wildman–Crippen MR) is 119 cm³/mol. The predicted octanol–water partition coefficient (Wildman–Crippen LogP) is 9.52. The van der Waals surface area contributed by atoms with E-state index in [1.165, 1.54) is 57.1 Å². The largest absolute Gasteiger partial charge is 0.278 e. The normalized spacial score (nSPS) is 27.4. The van der Waals surface area contributed by atoms with Crippen LogP contribution in [0.2, 0.25) is 0 Å². The number of unbranched alkanes of at least 4 members (excludes halogenated alkanes) is 2. The highest BCUT2D eigenvalue weighted by Gasteiger charge is 2.38. The molecule has 0 spiro atoms. The maximum Gasteiger partial charge on any atom is 0.278 e. The Balaban J connectivity index is 1.56. The van der Waals surface area contributed by atoms with Crippen LogP contribution in [-0.2, 0) is 5.92 Å². The lowest BCUT2D eigenvalue weighted by Gasteiger charge is -2.38. The van der Waals surface area contributed by atoms with E-state index in [0.717, 1.165) is 43.4 Å². The third kappa shape index (κ3) is 6.26. The van der Waals surface area contributed by atoms with Crippen LogP contribution in [0.3, 0.4) is 0 Å². The molecule has 3 rings (SSSR count). The molecule has 0 nitrogen and oxygen atoms in total. The fraction of sp³-hybridized carbons (Fsp3) is 0.778. The molecule has 0 saturated heterocycles. The molecule has 0 aliphatic heterocycles. The lowest BCUT2D eigenvalue weighted by molar-refractivity contribution is -0.0222. The molecule has 0 bridgehead atoms. The molecule has 4 heteroatoms. The van der Waals surface area contributed by atoms with Crippen LogP contribution in [0.15, 0.2) is 12.1 Å². The molecule has 0 radical (unpaired) electrons. The number of hydrogen-bond donors (Lipinski definition) is 0. The van der Waals surface area contributed by atoms with E-state index in [-0.39, 0.29) is 12.3 Å².